The maximum absolute atomic E-state index is 10.9. The number of pyridine rings is 1. The van der Waals surface area contributed by atoms with Gasteiger partial charge >= 0.3 is 0 Å². The predicted octanol–water partition coefficient (Wildman–Crippen LogP) is 2.65. The van der Waals surface area contributed by atoms with Gasteiger partial charge in [-0.2, -0.15) is 0 Å². The first kappa shape index (κ1) is 24.3. The molecule has 3 rings (SSSR count). The summed E-state index contributed by atoms with van der Waals surface area (Å²) in [5.74, 6) is 0.534. The van der Waals surface area contributed by atoms with Crippen molar-refractivity contribution in [2.75, 3.05) is 6.61 Å². The minimum Gasteiger partial charge on any atom is -0.490 e. The summed E-state index contributed by atoms with van der Waals surface area (Å²) in [6.45, 7) is 7.71. The predicted molar refractivity (Wildman–Crippen MR) is 122 cm³/mol. The van der Waals surface area contributed by atoms with Crippen LogP contribution >= 0.6 is 0 Å². The number of nitrogens with two attached hydrogens (primary N) is 1. The molecule has 33 heavy (non-hydrogen) atoms. The maximum Gasteiger partial charge on any atom is 0.248 e. The van der Waals surface area contributed by atoms with Crippen molar-refractivity contribution in [3.63, 3.8) is 0 Å². The van der Waals surface area contributed by atoms with Gasteiger partial charge in [0.2, 0.25) is 17.7 Å². The van der Waals surface area contributed by atoms with Gasteiger partial charge in [0.05, 0.1) is 6.10 Å². The topological polar surface area (TPSA) is 145 Å². The normalized spacial score (nSPS) is 13.0. The van der Waals surface area contributed by atoms with Crippen LogP contribution in [-0.2, 0) is 11.2 Å². The van der Waals surface area contributed by atoms with Crippen LogP contribution in [0, 0.1) is 20.8 Å². The van der Waals surface area contributed by atoms with Crippen LogP contribution in [0.2, 0.25) is 0 Å². The third-order valence-corrected chi connectivity index (χ3v) is 5.14. The van der Waals surface area contributed by atoms with Crippen molar-refractivity contribution in [2.24, 2.45) is 5.73 Å². The van der Waals surface area contributed by atoms with Crippen LogP contribution in [0.3, 0.4) is 0 Å². The molecule has 1 unspecified atom stereocenters. The number of hydrogen-bond acceptors (Lipinski definition) is 8. The van der Waals surface area contributed by atoms with Crippen molar-refractivity contribution >= 4 is 5.91 Å². The summed E-state index contributed by atoms with van der Waals surface area (Å²) in [5, 5.41) is 27.9. The van der Waals surface area contributed by atoms with Crippen molar-refractivity contribution in [2.45, 2.75) is 59.2 Å². The fourth-order valence-corrected chi connectivity index (χ4v) is 3.62. The van der Waals surface area contributed by atoms with E-state index in [4.69, 9.17) is 14.9 Å². The highest BCUT2D eigenvalue weighted by Crippen LogP contribution is 2.31. The summed E-state index contributed by atoms with van der Waals surface area (Å²) in [6.07, 6.45) is -0.759. The number of aryl methyl sites for hydroxylation is 4. The summed E-state index contributed by atoms with van der Waals surface area (Å²) >= 11 is 0. The SMILES string of the molecule is CCCc1cc(-c2nnc(-c3cc(C)c(OC[C@@H](O)CC(O)C(N)=O)c(C)c3)o2)cc(C)n1. The Bertz CT molecular complexity index is 1100. The van der Waals surface area contributed by atoms with Gasteiger partial charge in [0.25, 0.3) is 0 Å². The first-order valence-corrected chi connectivity index (χ1v) is 10.9. The van der Waals surface area contributed by atoms with Crippen molar-refractivity contribution in [1.82, 2.24) is 15.2 Å². The van der Waals surface area contributed by atoms with Gasteiger partial charge in [-0.1, -0.05) is 13.3 Å². The number of nitrogens with zero attached hydrogens (tertiary/aromatic N) is 3. The molecule has 9 nitrogen and oxygen atoms in total. The van der Waals surface area contributed by atoms with Gasteiger partial charge < -0.3 is 25.1 Å². The largest absolute Gasteiger partial charge is 0.490 e. The third-order valence-electron chi connectivity index (χ3n) is 5.14. The molecule has 0 saturated carbocycles. The van der Waals surface area contributed by atoms with E-state index < -0.39 is 18.1 Å². The molecule has 2 aromatic heterocycles. The summed E-state index contributed by atoms with van der Waals surface area (Å²) in [4.78, 5) is 15.5. The second-order valence-corrected chi connectivity index (χ2v) is 8.21. The van der Waals surface area contributed by atoms with Gasteiger partial charge in [0.15, 0.2) is 0 Å². The summed E-state index contributed by atoms with van der Waals surface area (Å²) in [5.41, 5.74) is 10.1. The zero-order chi connectivity index (χ0) is 24.1. The van der Waals surface area contributed by atoms with Gasteiger partial charge in [-0.3, -0.25) is 9.78 Å². The van der Waals surface area contributed by atoms with Crippen molar-refractivity contribution < 1.29 is 24.2 Å². The van der Waals surface area contributed by atoms with Gasteiger partial charge in [0.1, 0.15) is 18.5 Å². The van der Waals surface area contributed by atoms with Crippen LogP contribution in [0.1, 0.15) is 42.3 Å². The molecule has 0 radical (unpaired) electrons. The zero-order valence-electron chi connectivity index (χ0n) is 19.3. The Morgan fingerprint density at radius 1 is 1.06 bits per heavy atom. The average Bonchev–Trinajstić information content (AvgIpc) is 3.23. The molecule has 0 aliphatic carbocycles. The van der Waals surface area contributed by atoms with E-state index in [1.807, 2.05) is 45.0 Å². The van der Waals surface area contributed by atoms with E-state index in [2.05, 4.69) is 22.1 Å². The Morgan fingerprint density at radius 2 is 1.67 bits per heavy atom. The molecule has 0 fully saturated rings. The first-order chi connectivity index (χ1) is 15.7. The van der Waals surface area contributed by atoms with Crippen molar-refractivity contribution in [1.29, 1.82) is 0 Å². The Labute approximate surface area is 192 Å². The van der Waals surface area contributed by atoms with Crippen LogP contribution in [0.4, 0.5) is 0 Å². The number of hydrogen-bond donors (Lipinski definition) is 3. The molecule has 2 heterocycles. The van der Waals surface area contributed by atoms with Crippen LogP contribution in [0.25, 0.3) is 22.9 Å². The van der Waals surface area contributed by atoms with E-state index in [0.717, 1.165) is 46.5 Å². The third kappa shape index (κ3) is 6.15. The van der Waals surface area contributed by atoms with Crippen molar-refractivity contribution in [3.8, 4) is 28.7 Å². The molecule has 3 aromatic rings. The second-order valence-electron chi connectivity index (χ2n) is 8.21. The number of amides is 1. The molecule has 176 valence electrons. The quantitative estimate of drug-likeness (QED) is 0.424. The van der Waals surface area contributed by atoms with Gasteiger partial charge in [-0.05, 0) is 62.6 Å². The number of benzene rings is 1. The van der Waals surface area contributed by atoms with Crippen LogP contribution in [-0.4, -0.2) is 50.1 Å². The molecular weight excluding hydrogens is 424 g/mol. The number of aliphatic hydroxyl groups is 2. The van der Waals surface area contributed by atoms with E-state index in [1.165, 1.54) is 0 Å². The van der Waals surface area contributed by atoms with Crippen LogP contribution < -0.4 is 10.5 Å². The number of primary amides is 1. The number of aromatic nitrogens is 3. The lowest BCUT2D eigenvalue weighted by molar-refractivity contribution is -0.127. The number of carbonyl (C=O) groups excluding carboxylic acids is 1. The molecule has 0 saturated heterocycles. The molecule has 1 amide bonds. The molecular formula is C24H30N4O5. The number of aliphatic hydroxyl groups excluding tert-OH is 2. The summed E-state index contributed by atoms with van der Waals surface area (Å²) in [6, 6.07) is 7.63. The Balaban J connectivity index is 1.77. The highest BCUT2D eigenvalue weighted by molar-refractivity contribution is 5.78. The van der Waals surface area contributed by atoms with E-state index in [9.17, 15) is 15.0 Å². The van der Waals surface area contributed by atoms with E-state index in [1.54, 1.807) is 0 Å². The Morgan fingerprint density at radius 3 is 2.24 bits per heavy atom. The smallest absolute Gasteiger partial charge is 0.248 e. The Hall–Kier alpha value is -3.30. The molecule has 0 aliphatic heterocycles. The zero-order valence-corrected chi connectivity index (χ0v) is 19.3. The van der Waals surface area contributed by atoms with E-state index in [0.29, 0.717) is 17.5 Å². The minimum absolute atomic E-state index is 0.0858. The Kier molecular flexibility index (Phi) is 7.78. The highest BCUT2D eigenvalue weighted by atomic mass is 16.5. The van der Waals surface area contributed by atoms with Crippen LogP contribution in [0.5, 0.6) is 5.75 Å². The second kappa shape index (κ2) is 10.5. The molecule has 2 atom stereocenters. The lowest BCUT2D eigenvalue weighted by Crippen LogP contribution is -2.33. The minimum atomic E-state index is -1.41. The summed E-state index contributed by atoms with van der Waals surface area (Å²) in [7, 11) is 0. The van der Waals surface area contributed by atoms with Gasteiger partial charge in [0, 0.05) is 28.9 Å². The molecule has 0 aliphatic rings. The van der Waals surface area contributed by atoms with E-state index in [-0.39, 0.29) is 13.0 Å². The van der Waals surface area contributed by atoms with Crippen LogP contribution in [0.15, 0.2) is 28.7 Å². The van der Waals surface area contributed by atoms with E-state index >= 15 is 0 Å². The molecule has 0 spiro atoms. The average molecular weight is 455 g/mol. The molecule has 4 N–H and O–H groups in total. The lowest BCUT2D eigenvalue weighted by Gasteiger charge is -2.17. The highest BCUT2D eigenvalue weighted by Gasteiger charge is 2.19. The molecule has 1 aromatic carbocycles. The number of ether oxygens (including phenoxy) is 1. The first-order valence-electron chi connectivity index (χ1n) is 10.9. The molecule has 0 bridgehead atoms. The number of carbonyl (C=O) groups is 1. The standard InChI is InChI=1S/C24H30N4O5/c1-5-6-18-10-17(9-15(4)26-18)24-28-27-23(33-24)16-7-13(2)21(14(3)8-16)32-12-19(29)11-20(30)22(25)31/h7-10,19-20,29-30H,5-6,11-12H2,1-4H3,(H2,25,31)/t19-,20?/m0/s1. The van der Waals surface area contributed by atoms with Crippen molar-refractivity contribution in [3.05, 3.63) is 46.8 Å². The maximum atomic E-state index is 10.9. The monoisotopic (exact) mass is 454 g/mol. The summed E-state index contributed by atoms with van der Waals surface area (Å²) < 4.78 is 11.7. The lowest BCUT2D eigenvalue weighted by atomic mass is 10.1. The van der Waals surface area contributed by atoms with Gasteiger partial charge in [-0.25, -0.2) is 0 Å². The van der Waals surface area contributed by atoms with Gasteiger partial charge in [-0.15, -0.1) is 10.2 Å². The fourth-order valence-electron chi connectivity index (χ4n) is 3.62. The fraction of sp³-hybridized carbons (Fsp3) is 0.417. The number of rotatable bonds is 10. The molecule has 9 heteroatoms.